The smallest absolute Gasteiger partial charge is 0.230 e. The first-order valence-corrected chi connectivity index (χ1v) is 10.6. The summed E-state index contributed by atoms with van der Waals surface area (Å²) in [5.74, 6) is 1.01. The highest BCUT2D eigenvalue weighted by atomic mass is 35.5. The Labute approximate surface area is 171 Å². The summed E-state index contributed by atoms with van der Waals surface area (Å²) >= 11 is 9.01. The number of rotatable bonds is 8. The SMILES string of the molecule is Cc1ccc(SCCNC(=O)CSc2nnnn2-c2cccc(Cl)c2)cc1. The van der Waals surface area contributed by atoms with Crippen molar-refractivity contribution in [3.05, 3.63) is 59.1 Å². The van der Waals surface area contributed by atoms with Gasteiger partial charge in [-0.2, -0.15) is 4.68 Å². The van der Waals surface area contributed by atoms with Crippen LogP contribution in [0.2, 0.25) is 5.02 Å². The fraction of sp³-hybridized carbons (Fsp3) is 0.222. The van der Waals surface area contributed by atoms with Crippen LogP contribution in [-0.2, 0) is 4.79 Å². The van der Waals surface area contributed by atoms with Crippen LogP contribution in [0.15, 0.2) is 58.6 Å². The normalized spacial score (nSPS) is 10.7. The maximum Gasteiger partial charge on any atom is 0.230 e. The summed E-state index contributed by atoms with van der Waals surface area (Å²) in [6, 6.07) is 15.6. The van der Waals surface area contributed by atoms with Crippen molar-refractivity contribution in [1.82, 2.24) is 25.5 Å². The minimum absolute atomic E-state index is 0.0508. The van der Waals surface area contributed by atoms with Gasteiger partial charge in [-0.15, -0.1) is 16.9 Å². The number of thioether (sulfide) groups is 2. The molecule has 1 aromatic heterocycles. The molecule has 6 nitrogen and oxygen atoms in total. The van der Waals surface area contributed by atoms with Crippen LogP contribution in [0.5, 0.6) is 0 Å². The lowest BCUT2D eigenvalue weighted by atomic mass is 10.2. The van der Waals surface area contributed by atoms with Crippen LogP contribution in [0.3, 0.4) is 0 Å². The number of halogens is 1. The molecule has 1 N–H and O–H groups in total. The van der Waals surface area contributed by atoms with E-state index >= 15 is 0 Å². The van der Waals surface area contributed by atoms with Gasteiger partial charge in [0.15, 0.2) is 0 Å². The summed E-state index contributed by atoms with van der Waals surface area (Å²) in [5, 5.41) is 15.7. The van der Waals surface area contributed by atoms with Crippen molar-refractivity contribution in [2.24, 2.45) is 0 Å². The molecule has 3 rings (SSSR count). The first kappa shape index (κ1) is 19.7. The number of benzene rings is 2. The lowest BCUT2D eigenvalue weighted by Gasteiger charge is -2.06. The number of carbonyl (C=O) groups is 1. The molecule has 0 bridgehead atoms. The van der Waals surface area contributed by atoms with E-state index in [9.17, 15) is 4.79 Å². The minimum atomic E-state index is -0.0508. The summed E-state index contributed by atoms with van der Waals surface area (Å²) < 4.78 is 1.57. The van der Waals surface area contributed by atoms with E-state index in [0.29, 0.717) is 16.7 Å². The van der Waals surface area contributed by atoms with Crippen LogP contribution >= 0.6 is 35.1 Å². The Morgan fingerprint density at radius 2 is 2.00 bits per heavy atom. The van der Waals surface area contributed by atoms with Crippen LogP contribution in [0, 0.1) is 6.92 Å². The second kappa shape index (κ2) is 9.77. The molecular formula is C18H18ClN5OS2. The molecule has 0 atom stereocenters. The number of aromatic nitrogens is 4. The van der Waals surface area contributed by atoms with E-state index in [1.807, 2.05) is 12.1 Å². The first-order valence-electron chi connectivity index (χ1n) is 8.25. The highest BCUT2D eigenvalue weighted by Crippen LogP contribution is 2.20. The number of amides is 1. The molecule has 140 valence electrons. The molecule has 27 heavy (non-hydrogen) atoms. The Morgan fingerprint density at radius 1 is 1.19 bits per heavy atom. The van der Waals surface area contributed by atoms with E-state index in [1.165, 1.54) is 22.2 Å². The van der Waals surface area contributed by atoms with Crippen LogP contribution in [0.4, 0.5) is 0 Å². The highest BCUT2D eigenvalue weighted by Gasteiger charge is 2.11. The van der Waals surface area contributed by atoms with Crippen LogP contribution < -0.4 is 5.32 Å². The third-order valence-electron chi connectivity index (χ3n) is 3.54. The predicted octanol–water partition coefficient (Wildman–Crippen LogP) is 3.62. The molecule has 1 amide bonds. The monoisotopic (exact) mass is 419 g/mol. The standard InChI is InChI=1S/C18H18ClN5OS2/c1-13-5-7-16(8-6-13)26-10-9-20-17(25)12-27-18-21-22-23-24(18)15-4-2-3-14(19)11-15/h2-8,11H,9-10,12H2,1H3,(H,20,25). The van der Waals surface area contributed by atoms with Crippen molar-refractivity contribution in [2.45, 2.75) is 17.0 Å². The van der Waals surface area contributed by atoms with Gasteiger partial charge in [0.25, 0.3) is 0 Å². The molecule has 3 aromatic rings. The van der Waals surface area contributed by atoms with Gasteiger partial charge < -0.3 is 5.32 Å². The predicted molar refractivity (Wildman–Crippen MR) is 110 cm³/mol. The van der Waals surface area contributed by atoms with Crippen molar-refractivity contribution >= 4 is 41.0 Å². The quantitative estimate of drug-likeness (QED) is 0.444. The molecule has 0 fully saturated rings. The summed E-state index contributed by atoms with van der Waals surface area (Å²) in [4.78, 5) is 13.3. The van der Waals surface area contributed by atoms with Crippen molar-refractivity contribution in [1.29, 1.82) is 0 Å². The number of carbonyl (C=O) groups excluding carboxylic acids is 1. The topological polar surface area (TPSA) is 72.7 Å². The first-order chi connectivity index (χ1) is 13.1. The molecule has 0 saturated heterocycles. The van der Waals surface area contributed by atoms with Crippen LogP contribution in [0.1, 0.15) is 5.56 Å². The molecule has 0 aliphatic rings. The zero-order valence-corrected chi connectivity index (χ0v) is 17.0. The van der Waals surface area contributed by atoms with Crippen molar-refractivity contribution in [3.63, 3.8) is 0 Å². The average molecular weight is 420 g/mol. The van der Waals surface area contributed by atoms with Crippen LogP contribution in [-0.4, -0.2) is 44.2 Å². The van der Waals surface area contributed by atoms with Gasteiger partial charge >= 0.3 is 0 Å². The Hall–Kier alpha value is -2.03. The van der Waals surface area contributed by atoms with E-state index in [2.05, 4.69) is 52.0 Å². The second-order valence-corrected chi connectivity index (χ2v) is 8.20. The fourth-order valence-corrected chi connectivity index (χ4v) is 3.89. The van der Waals surface area contributed by atoms with E-state index in [-0.39, 0.29) is 11.7 Å². The summed E-state index contributed by atoms with van der Waals surface area (Å²) in [7, 11) is 0. The van der Waals surface area contributed by atoms with Gasteiger partial charge in [0.05, 0.1) is 11.4 Å². The van der Waals surface area contributed by atoms with E-state index in [0.717, 1.165) is 11.4 Å². The Bertz CT molecular complexity index is 901. The average Bonchev–Trinajstić information content (AvgIpc) is 3.14. The maximum atomic E-state index is 12.1. The Morgan fingerprint density at radius 3 is 2.78 bits per heavy atom. The Balaban J connectivity index is 1.43. The third-order valence-corrected chi connectivity index (χ3v) is 5.71. The largest absolute Gasteiger partial charge is 0.355 e. The lowest BCUT2D eigenvalue weighted by molar-refractivity contribution is -0.118. The minimum Gasteiger partial charge on any atom is -0.355 e. The number of nitrogens with one attached hydrogen (secondary N) is 1. The molecule has 1 heterocycles. The molecule has 0 saturated carbocycles. The number of aryl methyl sites for hydroxylation is 1. The molecule has 2 aromatic carbocycles. The van der Waals surface area contributed by atoms with E-state index in [4.69, 9.17) is 11.6 Å². The second-order valence-electron chi connectivity index (χ2n) is 5.65. The summed E-state index contributed by atoms with van der Waals surface area (Å²) in [5.41, 5.74) is 2.00. The third kappa shape index (κ3) is 5.98. The fourth-order valence-electron chi connectivity index (χ4n) is 2.21. The molecule has 0 radical (unpaired) electrons. The van der Waals surface area contributed by atoms with Gasteiger partial charge in [-0.1, -0.05) is 47.1 Å². The van der Waals surface area contributed by atoms with Gasteiger partial charge in [0, 0.05) is 22.2 Å². The summed E-state index contributed by atoms with van der Waals surface area (Å²) in [6.45, 7) is 2.67. The van der Waals surface area contributed by atoms with E-state index < -0.39 is 0 Å². The highest BCUT2D eigenvalue weighted by molar-refractivity contribution is 7.99. The van der Waals surface area contributed by atoms with E-state index in [1.54, 1.807) is 28.6 Å². The van der Waals surface area contributed by atoms with Gasteiger partial charge in [0.1, 0.15) is 0 Å². The number of nitrogens with zero attached hydrogens (tertiary/aromatic N) is 4. The maximum absolute atomic E-state index is 12.1. The van der Waals surface area contributed by atoms with Crippen molar-refractivity contribution in [3.8, 4) is 5.69 Å². The number of hydrogen-bond acceptors (Lipinski definition) is 6. The van der Waals surface area contributed by atoms with Crippen LogP contribution in [0.25, 0.3) is 5.69 Å². The number of hydrogen-bond donors (Lipinski definition) is 1. The molecule has 0 spiro atoms. The van der Waals surface area contributed by atoms with Gasteiger partial charge in [-0.3, -0.25) is 4.79 Å². The molecule has 0 aliphatic carbocycles. The Kier molecular flexibility index (Phi) is 7.14. The number of tetrazole rings is 1. The molecule has 9 heteroatoms. The van der Waals surface area contributed by atoms with Gasteiger partial charge in [-0.25, -0.2) is 0 Å². The molecular weight excluding hydrogens is 402 g/mol. The summed E-state index contributed by atoms with van der Waals surface area (Å²) in [6.07, 6.45) is 0. The van der Waals surface area contributed by atoms with Crippen molar-refractivity contribution in [2.75, 3.05) is 18.1 Å². The zero-order valence-electron chi connectivity index (χ0n) is 14.6. The van der Waals surface area contributed by atoms with Gasteiger partial charge in [0.2, 0.25) is 11.1 Å². The van der Waals surface area contributed by atoms with Crippen molar-refractivity contribution < 1.29 is 4.79 Å². The zero-order chi connectivity index (χ0) is 19.1. The van der Waals surface area contributed by atoms with Gasteiger partial charge in [-0.05, 0) is 47.7 Å². The molecule has 0 unspecified atom stereocenters. The molecule has 0 aliphatic heterocycles. The lowest BCUT2D eigenvalue weighted by Crippen LogP contribution is -2.27.